The van der Waals surface area contributed by atoms with Gasteiger partial charge < -0.3 is 24.2 Å². The fourth-order valence-corrected chi connectivity index (χ4v) is 6.24. The third-order valence-corrected chi connectivity index (χ3v) is 8.03. The average molecular weight is 540 g/mol. The summed E-state index contributed by atoms with van der Waals surface area (Å²) in [4.78, 5) is 28.1. The van der Waals surface area contributed by atoms with Crippen LogP contribution in [0.3, 0.4) is 0 Å². The van der Waals surface area contributed by atoms with Crippen molar-refractivity contribution in [1.82, 2.24) is 0 Å². The average Bonchev–Trinajstić information content (AvgIpc) is 3.31. The summed E-state index contributed by atoms with van der Waals surface area (Å²) in [7, 11) is 0. The van der Waals surface area contributed by atoms with Gasteiger partial charge in [-0.15, -0.1) is 0 Å². The van der Waals surface area contributed by atoms with E-state index < -0.39 is 23.5 Å². The van der Waals surface area contributed by atoms with Gasteiger partial charge in [-0.05, 0) is 107 Å². The maximum Gasteiger partial charge on any atom is 0.337 e. The summed E-state index contributed by atoms with van der Waals surface area (Å²) in [5, 5.41) is 10.4. The van der Waals surface area contributed by atoms with Gasteiger partial charge in [0.05, 0.1) is 12.2 Å². The standard InChI is InChI=1S/C31H38FNO6/c1-17-15-24-21(8-11-33(24)29(34)19-9-13-37-14-10-19)26(25(17)28(30(35)36)39-31(3,4)5)22-16-23(32)27-20(18(22)2)7-6-12-38-27/h15-16,19,28H,6-14H2,1-5H3,(H,35,36)/t28-/m0/s1. The molecule has 3 heterocycles. The molecule has 7 nitrogen and oxygen atoms in total. The van der Waals surface area contributed by atoms with E-state index in [2.05, 4.69) is 0 Å². The van der Waals surface area contributed by atoms with Gasteiger partial charge in [0.1, 0.15) is 0 Å². The summed E-state index contributed by atoms with van der Waals surface area (Å²) in [6, 6.07) is 3.38. The van der Waals surface area contributed by atoms with Crippen molar-refractivity contribution >= 4 is 17.6 Å². The van der Waals surface area contributed by atoms with Crippen molar-refractivity contribution in [2.45, 2.75) is 78.4 Å². The molecule has 2 aromatic rings. The van der Waals surface area contributed by atoms with Crippen molar-refractivity contribution in [3.8, 4) is 16.9 Å². The van der Waals surface area contributed by atoms with E-state index in [9.17, 15) is 14.7 Å². The number of ether oxygens (including phenoxy) is 3. The number of amides is 1. The summed E-state index contributed by atoms with van der Waals surface area (Å²) in [6.07, 6.45) is 2.12. The second-order valence-electron chi connectivity index (χ2n) is 11.8. The first kappa shape index (κ1) is 27.6. The zero-order valence-corrected chi connectivity index (χ0v) is 23.5. The maximum atomic E-state index is 15.5. The first-order valence-electron chi connectivity index (χ1n) is 13.9. The van der Waals surface area contributed by atoms with E-state index in [0.717, 1.165) is 28.8 Å². The topological polar surface area (TPSA) is 85.3 Å². The number of carbonyl (C=O) groups is 2. The molecule has 8 heteroatoms. The molecule has 0 saturated carbocycles. The van der Waals surface area contributed by atoms with Gasteiger partial charge >= 0.3 is 5.97 Å². The number of carbonyl (C=O) groups excluding carboxylic acids is 1. The second kappa shape index (κ2) is 10.5. The largest absolute Gasteiger partial charge is 0.490 e. The molecule has 1 N–H and O–H groups in total. The van der Waals surface area contributed by atoms with Crippen LogP contribution < -0.4 is 9.64 Å². The van der Waals surface area contributed by atoms with Crippen LogP contribution in [0.5, 0.6) is 5.75 Å². The van der Waals surface area contributed by atoms with Gasteiger partial charge in [0.25, 0.3) is 0 Å². The SMILES string of the molecule is Cc1cc2c(c(-c3cc(F)c4c(c3C)CCCO4)c1[C@H](OC(C)(C)C)C(=O)O)CCN2C(=O)C1CCOCC1. The van der Waals surface area contributed by atoms with Crippen LogP contribution in [0.4, 0.5) is 10.1 Å². The fraction of sp³-hybridized carbons (Fsp3) is 0.548. The number of nitrogens with zero attached hydrogens (tertiary/aromatic N) is 1. The molecule has 1 atom stereocenters. The first-order valence-corrected chi connectivity index (χ1v) is 13.9. The van der Waals surface area contributed by atoms with Gasteiger partial charge in [0, 0.05) is 42.5 Å². The quantitative estimate of drug-likeness (QED) is 0.525. The normalized spacial score (nSPS) is 18.4. The molecule has 0 aliphatic carbocycles. The van der Waals surface area contributed by atoms with Crippen LogP contribution in [0.1, 0.15) is 74.0 Å². The Morgan fingerprint density at radius 1 is 1.10 bits per heavy atom. The van der Waals surface area contributed by atoms with E-state index in [4.69, 9.17) is 14.2 Å². The van der Waals surface area contributed by atoms with Crippen molar-refractivity contribution in [3.63, 3.8) is 0 Å². The molecule has 2 aromatic carbocycles. The molecule has 1 fully saturated rings. The van der Waals surface area contributed by atoms with E-state index in [-0.39, 0.29) is 17.6 Å². The van der Waals surface area contributed by atoms with Gasteiger partial charge in [-0.25, -0.2) is 9.18 Å². The van der Waals surface area contributed by atoms with Crippen LogP contribution in [-0.2, 0) is 31.9 Å². The Bertz CT molecular complexity index is 1310. The van der Waals surface area contributed by atoms with Crippen molar-refractivity contribution in [2.75, 3.05) is 31.3 Å². The number of aryl methyl sites for hydroxylation is 1. The van der Waals surface area contributed by atoms with Crippen molar-refractivity contribution in [1.29, 1.82) is 0 Å². The minimum absolute atomic E-state index is 0.0672. The Morgan fingerprint density at radius 2 is 1.82 bits per heavy atom. The molecule has 5 rings (SSSR count). The van der Waals surface area contributed by atoms with E-state index in [0.29, 0.717) is 74.3 Å². The molecule has 3 aliphatic heterocycles. The Balaban J connectivity index is 1.74. The molecular weight excluding hydrogens is 501 g/mol. The smallest absolute Gasteiger partial charge is 0.337 e. The number of hydrogen-bond acceptors (Lipinski definition) is 5. The van der Waals surface area contributed by atoms with Crippen LogP contribution in [0.25, 0.3) is 11.1 Å². The van der Waals surface area contributed by atoms with Gasteiger partial charge in [-0.1, -0.05) is 0 Å². The Morgan fingerprint density at radius 3 is 2.49 bits per heavy atom. The lowest BCUT2D eigenvalue weighted by atomic mass is 9.83. The van der Waals surface area contributed by atoms with E-state index in [1.165, 1.54) is 6.07 Å². The van der Waals surface area contributed by atoms with Crippen LogP contribution in [-0.4, -0.2) is 48.9 Å². The third kappa shape index (κ3) is 5.16. The fourth-order valence-electron chi connectivity index (χ4n) is 6.24. The number of carboxylic acids is 1. The summed E-state index contributed by atoms with van der Waals surface area (Å²) in [5.41, 5.74) is 5.08. The van der Waals surface area contributed by atoms with Crippen LogP contribution in [0.2, 0.25) is 0 Å². The minimum Gasteiger partial charge on any atom is -0.490 e. The Kier molecular flexibility index (Phi) is 7.46. The number of benzene rings is 2. The van der Waals surface area contributed by atoms with Gasteiger partial charge in [-0.3, -0.25) is 4.79 Å². The molecule has 210 valence electrons. The van der Waals surface area contributed by atoms with E-state index in [1.54, 1.807) is 0 Å². The highest BCUT2D eigenvalue weighted by atomic mass is 19.1. The zero-order valence-electron chi connectivity index (χ0n) is 23.5. The van der Waals surface area contributed by atoms with Crippen LogP contribution in [0, 0.1) is 25.6 Å². The molecule has 0 unspecified atom stereocenters. The number of carboxylic acid groups (broad SMARTS) is 1. The molecule has 1 amide bonds. The molecule has 1 saturated heterocycles. The number of hydrogen-bond donors (Lipinski definition) is 1. The third-order valence-electron chi connectivity index (χ3n) is 8.03. The summed E-state index contributed by atoms with van der Waals surface area (Å²) in [6.45, 7) is 11.4. The summed E-state index contributed by atoms with van der Waals surface area (Å²) < 4.78 is 32.8. The van der Waals surface area contributed by atoms with Gasteiger partial charge in [-0.2, -0.15) is 0 Å². The predicted molar refractivity (Wildman–Crippen MR) is 146 cm³/mol. The van der Waals surface area contributed by atoms with E-state index in [1.807, 2.05) is 45.6 Å². The van der Waals surface area contributed by atoms with Gasteiger partial charge in [0.2, 0.25) is 5.91 Å². The first-order chi connectivity index (χ1) is 18.5. The minimum atomic E-state index is -1.26. The molecule has 0 spiro atoms. The molecule has 3 aliphatic rings. The molecule has 0 aromatic heterocycles. The number of aliphatic carboxylic acids is 1. The highest BCUT2D eigenvalue weighted by molar-refractivity contribution is 6.00. The van der Waals surface area contributed by atoms with Crippen LogP contribution in [0.15, 0.2) is 12.1 Å². The number of fused-ring (bicyclic) bond motifs is 2. The van der Waals surface area contributed by atoms with Crippen molar-refractivity contribution in [2.24, 2.45) is 5.92 Å². The lowest BCUT2D eigenvalue weighted by Crippen LogP contribution is -2.37. The zero-order chi connectivity index (χ0) is 28.1. The van der Waals surface area contributed by atoms with Crippen molar-refractivity contribution < 1.29 is 33.3 Å². The monoisotopic (exact) mass is 539 g/mol. The lowest BCUT2D eigenvalue weighted by Gasteiger charge is -2.31. The summed E-state index contributed by atoms with van der Waals surface area (Å²) in [5.74, 6) is -1.32. The van der Waals surface area contributed by atoms with E-state index >= 15 is 4.39 Å². The second-order valence-corrected chi connectivity index (χ2v) is 11.8. The number of halogens is 1. The molecule has 0 radical (unpaired) electrons. The van der Waals surface area contributed by atoms with Gasteiger partial charge in [0.15, 0.2) is 17.7 Å². The highest BCUT2D eigenvalue weighted by Gasteiger charge is 2.38. The predicted octanol–water partition coefficient (Wildman–Crippen LogP) is 5.69. The Labute approximate surface area is 229 Å². The molecule has 0 bridgehead atoms. The number of anilines is 1. The maximum absolute atomic E-state index is 15.5. The summed E-state index contributed by atoms with van der Waals surface area (Å²) >= 11 is 0. The Hall–Kier alpha value is -2.97. The molecular formula is C31H38FNO6. The molecule has 39 heavy (non-hydrogen) atoms. The highest BCUT2D eigenvalue weighted by Crippen LogP contribution is 2.48. The van der Waals surface area contributed by atoms with Crippen LogP contribution >= 0.6 is 0 Å². The lowest BCUT2D eigenvalue weighted by molar-refractivity contribution is -0.160. The number of rotatable bonds is 5. The van der Waals surface area contributed by atoms with Crippen molar-refractivity contribution in [3.05, 3.63) is 45.8 Å².